The molecular weight excluding hydrogens is 931 g/mol. The van der Waals surface area contributed by atoms with Crippen molar-refractivity contribution < 1.29 is 32.8 Å². The van der Waals surface area contributed by atoms with Crippen molar-refractivity contribution in [2.24, 2.45) is 5.92 Å². The summed E-state index contributed by atoms with van der Waals surface area (Å²) in [5.74, 6) is -2.30. The van der Waals surface area contributed by atoms with Crippen LogP contribution in [0.1, 0.15) is 68.9 Å². The van der Waals surface area contributed by atoms with Crippen LogP contribution < -0.4 is 35.8 Å². The molecular formula is C48H58BrF2N9O5P+. The summed E-state index contributed by atoms with van der Waals surface area (Å²) in [6.07, 6.45) is 9.00. The van der Waals surface area contributed by atoms with Crippen molar-refractivity contribution in [3.05, 3.63) is 82.0 Å². The number of imide groups is 1. The fraction of sp³-hybridized carbons (Fsp3) is 0.479. The summed E-state index contributed by atoms with van der Waals surface area (Å²) in [5.41, 5.74) is 4.01. The number of aryl methyl sites for hydroxylation is 1. The minimum absolute atomic E-state index is 0.0303. The van der Waals surface area contributed by atoms with Crippen LogP contribution in [0, 0.1) is 17.6 Å². The maximum Gasteiger partial charge on any atom is 0.234 e. The molecule has 2 atom stereocenters. The number of carbonyl (C=O) groups excluding carboxylic acids is 3. The quantitative estimate of drug-likeness (QED) is 0.0848. The smallest absolute Gasteiger partial charge is 0.234 e. The van der Waals surface area contributed by atoms with Crippen molar-refractivity contribution in [3.63, 3.8) is 0 Å². The number of carbonyl (C=O) groups is 3. The van der Waals surface area contributed by atoms with Crippen molar-refractivity contribution in [1.82, 2.24) is 25.1 Å². The topological polar surface area (TPSA) is 156 Å². The molecule has 5 saturated heterocycles. The van der Waals surface area contributed by atoms with Crippen molar-refractivity contribution in [2.75, 3.05) is 92.2 Å². The Kier molecular flexibility index (Phi) is 13.8. The Morgan fingerprint density at radius 2 is 1.64 bits per heavy atom. The van der Waals surface area contributed by atoms with Crippen molar-refractivity contribution in [2.45, 2.75) is 70.3 Å². The lowest BCUT2D eigenvalue weighted by Crippen LogP contribution is -2.55. The number of benzene rings is 3. The highest BCUT2D eigenvalue weighted by atomic mass is 79.9. The third-order valence-corrected chi connectivity index (χ3v) is 18.2. The maximum atomic E-state index is 15.3. The van der Waals surface area contributed by atoms with Crippen molar-refractivity contribution >= 4 is 81.0 Å². The van der Waals surface area contributed by atoms with Gasteiger partial charge in [-0.3, -0.25) is 24.6 Å². The average Bonchev–Trinajstić information content (AvgIpc) is 4.01. The molecule has 18 heteroatoms. The molecule has 350 valence electrons. The van der Waals surface area contributed by atoms with Gasteiger partial charge < -0.3 is 30.1 Å². The van der Waals surface area contributed by atoms with Crippen LogP contribution in [0.15, 0.2) is 59.2 Å². The highest BCUT2D eigenvalue weighted by Gasteiger charge is 2.44. The van der Waals surface area contributed by atoms with Crippen LogP contribution in [0.3, 0.4) is 0 Å². The van der Waals surface area contributed by atoms with E-state index >= 15 is 8.78 Å². The number of nitrogens with one attached hydrogen (secondary N) is 3. The van der Waals surface area contributed by atoms with Crippen LogP contribution in [0.25, 0.3) is 0 Å². The Morgan fingerprint density at radius 3 is 2.33 bits per heavy atom. The average molecular weight is 990 g/mol. The van der Waals surface area contributed by atoms with E-state index in [4.69, 9.17) is 9.72 Å². The number of amides is 3. The Labute approximate surface area is 393 Å². The van der Waals surface area contributed by atoms with Crippen molar-refractivity contribution in [1.29, 1.82) is 0 Å². The van der Waals surface area contributed by atoms with Crippen LogP contribution in [0.4, 0.5) is 43.3 Å². The van der Waals surface area contributed by atoms with Gasteiger partial charge in [0, 0.05) is 94.0 Å². The van der Waals surface area contributed by atoms with Gasteiger partial charge in [-0.25, -0.2) is 18.7 Å². The molecule has 4 N–H and O–H groups in total. The SMILES string of the molecule is CCc1cc(Nc2ncc(Br)c(Nc3ccccc3[P+]3(O)CCCC3)n2)c(OC)cc1N1CCC(N2CCN(C(=O)[C@@H]3CCN(c4cc(F)c(C5CCC(=O)NC5=O)c(F)c4)C3)CC2)CC1. The lowest BCUT2D eigenvalue weighted by molar-refractivity contribution is -0.137. The molecule has 0 saturated carbocycles. The fourth-order valence-corrected chi connectivity index (χ4v) is 14.0. The molecule has 0 aliphatic carbocycles. The van der Waals surface area contributed by atoms with Crippen LogP contribution in [-0.2, 0) is 20.8 Å². The lowest BCUT2D eigenvalue weighted by atomic mass is 9.89. The summed E-state index contributed by atoms with van der Waals surface area (Å²) in [7, 11) is -0.531. The molecule has 1 unspecified atom stereocenters. The Hall–Kier alpha value is -4.96. The zero-order valence-corrected chi connectivity index (χ0v) is 40.0. The van der Waals surface area contributed by atoms with Gasteiger partial charge in [0.1, 0.15) is 22.7 Å². The molecule has 3 aromatic carbocycles. The monoisotopic (exact) mass is 988 g/mol. The summed E-state index contributed by atoms with van der Waals surface area (Å²) >= 11 is 3.62. The number of piperazine rings is 1. The van der Waals surface area contributed by atoms with Crippen molar-refractivity contribution in [3.8, 4) is 5.75 Å². The maximum absolute atomic E-state index is 15.3. The van der Waals surface area contributed by atoms with E-state index < -0.39 is 36.9 Å². The zero-order chi connectivity index (χ0) is 46.1. The second-order valence-electron chi connectivity index (χ2n) is 18.1. The van der Waals surface area contributed by atoms with E-state index in [-0.39, 0.29) is 30.2 Å². The number of methoxy groups -OCH3 is 1. The van der Waals surface area contributed by atoms with Crippen LogP contribution >= 0.6 is 23.4 Å². The van der Waals surface area contributed by atoms with Gasteiger partial charge in [-0.05, 0) is 96.8 Å². The molecule has 1 aromatic heterocycles. The number of hydrogen-bond acceptors (Lipinski definition) is 12. The van der Waals surface area contributed by atoms with E-state index in [2.05, 4.69) is 65.7 Å². The van der Waals surface area contributed by atoms with E-state index in [0.29, 0.717) is 66.3 Å². The first kappa shape index (κ1) is 46.2. The zero-order valence-electron chi connectivity index (χ0n) is 37.5. The Morgan fingerprint density at radius 1 is 0.924 bits per heavy atom. The molecule has 66 heavy (non-hydrogen) atoms. The third-order valence-electron chi connectivity index (χ3n) is 14.2. The first-order valence-corrected chi connectivity index (χ1v) is 26.1. The highest BCUT2D eigenvalue weighted by molar-refractivity contribution is 9.10. The molecule has 3 amide bonds. The second-order valence-corrected chi connectivity index (χ2v) is 22.2. The van der Waals surface area contributed by atoms with Crippen LogP contribution in [0.5, 0.6) is 5.75 Å². The minimum atomic E-state index is -2.20. The number of ether oxygens (including phenoxy) is 1. The molecule has 4 aromatic rings. The van der Waals surface area contributed by atoms with Crippen LogP contribution in [0.2, 0.25) is 0 Å². The molecule has 9 rings (SSSR count). The number of hydrogen-bond donors (Lipinski definition) is 4. The number of para-hydroxylation sites is 1. The standard InChI is InChI=1S/C48H57BrF2N9O5P/c1-3-30-24-39(54-48-52-28-35(49)45(56-48)53-38-8-4-5-9-42(38)66(64)22-6-7-23-66)41(65-2)27-40(30)58-16-13-32(14-17-58)57-18-20-59(21-19-57)47(63)31-12-15-60(29-31)33-25-36(50)44(37(51)26-33)34-10-11-43(61)55-46(34)62/h4-5,8-9,24-28,31-32,34,64H,3,6-7,10-23,29H2,1-2H3,(H2-,52,53,54,55,56,61,62)/p+1/t31-,34?/m1/s1. The Bertz CT molecular complexity index is 2460. The van der Waals surface area contributed by atoms with E-state index in [0.717, 1.165) is 93.0 Å². The van der Waals surface area contributed by atoms with Gasteiger partial charge in [0.25, 0.3) is 0 Å². The molecule has 5 aliphatic heterocycles. The van der Waals surface area contributed by atoms with E-state index in [9.17, 15) is 19.3 Å². The summed E-state index contributed by atoms with van der Waals surface area (Å²) in [4.78, 5) is 67.3. The number of aromatic nitrogens is 2. The first-order chi connectivity index (χ1) is 31.9. The number of rotatable bonds is 12. The van der Waals surface area contributed by atoms with Gasteiger partial charge in [0.2, 0.25) is 23.7 Å². The molecule has 5 aliphatic rings. The molecule has 6 heterocycles. The normalized spacial score (nSPS) is 21.6. The highest BCUT2D eigenvalue weighted by Crippen LogP contribution is 2.60. The first-order valence-electron chi connectivity index (χ1n) is 23.2. The minimum Gasteiger partial charge on any atom is -0.494 e. The summed E-state index contributed by atoms with van der Waals surface area (Å²) in [5, 5.41) is 10.0. The number of piperidine rings is 2. The van der Waals surface area contributed by atoms with Gasteiger partial charge >= 0.3 is 0 Å². The van der Waals surface area contributed by atoms with Gasteiger partial charge in [-0.15, -0.1) is 0 Å². The number of halogens is 3. The number of nitrogens with zero attached hydrogens (tertiary/aromatic N) is 6. The van der Waals surface area contributed by atoms with Gasteiger partial charge in [-0.1, -0.05) is 19.1 Å². The summed E-state index contributed by atoms with van der Waals surface area (Å²) < 4.78 is 37.2. The summed E-state index contributed by atoms with van der Waals surface area (Å²) in [6, 6.07) is 15.1. The molecule has 0 bridgehead atoms. The molecule has 14 nitrogen and oxygen atoms in total. The summed E-state index contributed by atoms with van der Waals surface area (Å²) in [6.45, 7) is 7.69. The van der Waals surface area contributed by atoms with Gasteiger partial charge in [0.05, 0.1) is 47.1 Å². The third kappa shape index (κ3) is 9.59. The van der Waals surface area contributed by atoms with Crippen LogP contribution in [-0.4, -0.2) is 120 Å². The number of anilines is 6. The largest absolute Gasteiger partial charge is 0.494 e. The van der Waals surface area contributed by atoms with E-state index in [1.807, 2.05) is 34.1 Å². The Balaban J connectivity index is 0.780. The van der Waals surface area contributed by atoms with Gasteiger partial charge in [-0.2, -0.15) is 4.98 Å². The molecule has 0 radical (unpaired) electrons. The fourth-order valence-electron chi connectivity index (χ4n) is 10.6. The van der Waals surface area contributed by atoms with Gasteiger partial charge in [0.15, 0.2) is 13.3 Å². The predicted molar refractivity (Wildman–Crippen MR) is 258 cm³/mol. The molecule has 0 spiro atoms. The lowest BCUT2D eigenvalue weighted by Gasteiger charge is -2.44. The second kappa shape index (κ2) is 19.7. The predicted octanol–water partition coefficient (Wildman–Crippen LogP) is 7.08. The van der Waals surface area contributed by atoms with E-state index in [1.54, 1.807) is 13.3 Å². The molecule has 5 fully saturated rings. The van der Waals surface area contributed by atoms with E-state index in [1.165, 1.54) is 17.7 Å².